The van der Waals surface area contributed by atoms with Crippen molar-refractivity contribution in [2.45, 2.75) is 38.8 Å². The van der Waals surface area contributed by atoms with Gasteiger partial charge >= 0.3 is 0 Å². The minimum Gasteiger partial charge on any atom is -0.496 e. The Bertz CT molecular complexity index is 1140. The minimum absolute atomic E-state index is 0.418. The molecule has 1 aliphatic heterocycles. The molecule has 0 amide bonds. The monoisotopic (exact) mass is 501 g/mol. The van der Waals surface area contributed by atoms with Gasteiger partial charge in [-0.3, -0.25) is 0 Å². The molecule has 190 valence electrons. The molecular weight excluding hydrogens is 466 g/mol. The van der Waals surface area contributed by atoms with Crippen molar-refractivity contribution < 1.29 is 23.7 Å². The number of methoxy groups -OCH3 is 4. The van der Waals surface area contributed by atoms with Crippen LogP contribution in [0.4, 0.5) is 5.69 Å². The first-order valence-electron chi connectivity index (χ1n) is 12.2. The Morgan fingerprint density at radius 2 is 1.77 bits per heavy atom. The van der Waals surface area contributed by atoms with Gasteiger partial charge in [-0.2, -0.15) is 0 Å². The fraction of sp³-hybridized carbons (Fsp3) is 0.577. The van der Waals surface area contributed by atoms with Crippen LogP contribution in [0.25, 0.3) is 16.1 Å². The number of aromatic nitrogens is 2. The van der Waals surface area contributed by atoms with Crippen molar-refractivity contribution in [1.29, 1.82) is 0 Å². The van der Waals surface area contributed by atoms with Crippen molar-refractivity contribution >= 4 is 21.9 Å². The van der Waals surface area contributed by atoms with E-state index < -0.39 is 0 Å². The maximum absolute atomic E-state index is 5.87. The van der Waals surface area contributed by atoms with Crippen LogP contribution in [0.15, 0.2) is 17.5 Å². The van der Waals surface area contributed by atoms with Crippen molar-refractivity contribution in [3.8, 4) is 28.6 Å². The Balaban J connectivity index is 1.63. The molecule has 35 heavy (non-hydrogen) atoms. The van der Waals surface area contributed by atoms with E-state index >= 15 is 0 Å². The molecule has 5 rings (SSSR count). The van der Waals surface area contributed by atoms with Crippen molar-refractivity contribution in [2.75, 3.05) is 53.1 Å². The van der Waals surface area contributed by atoms with E-state index in [2.05, 4.69) is 17.2 Å². The highest BCUT2D eigenvalue weighted by Gasteiger charge is 2.38. The highest BCUT2D eigenvalue weighted by atomic mass is 32.1. The largest absolute Gasteiger partial charge is 0.496 e. The molecule has 2 atom stereocenters. The van der Waals surface area contributed by atoms with E-state index in [1.165, 1.54) is 6.42 Å². The molecule has 0 radical (unpaired) electrons. The second-order valence-electron chi connectivity index (χ2n) is 9.47. The van der Waals surface area contributed by atoms with Crippen LogP contribution in [-0.4, -0.2) is 63.9 Å². The Labute approximate surface area is 210 Å². The summed E-state index contributed by atoms with van der Waals surface area (Å²) >= 11 is 1.68. The van der Waals surface area contributed by atoms with Gasteiger partial charge in [0.25, 0.3) is 5.88 Å². The Hall–Kier alpha value is -2.49. The summed E-state index contributed by atoms with van der Waals surface area (Å²) in [6.07, 6.45) is 3.31. The van der Waals surface area contributed by atoms with E-state index in [1.807, 2.05) is 16.6 Å². The lowest BCUT2D eigenvalue weighted by Crippen LogP contribution is -2.41. The zero-order valence-electron chi connectivity index (χ0n) is 21.2. The predicted octanol–water partition coefficient (Wildman–Crippen LogP) is 4.88. The van der Waals surface area contributed by atoms with E-state index in [9.17, 15) is 0 Å². The molecule has 9 heteroatoms. The summed E-state index contributed by atoms with van der Waals surface area (Å²) in [6.45, 7) is 5.44. The van der Waals surface area contributed by atoms with Gasteiger partial charge in [0.2, 0.25) is 0 Å². The summed E-state index contributed by atoms with van der Waals surface area (Å²) in [6, 6.07) is 4.41. The Morgan fingerprint density at radius 1 is 1.09 bits per heavy atom. The summed E-state index contributed by atoms with van der Waals surface area (Å²) < 4.78 is 30.5. The average molecular weight is 502 g/mol. The summed E-state index contributed by atoms with van der Waals surface area (Å²) in [5.41, 5.74) is 3.85. The summed E-state index contributed by atoms with van der Waals surface area (Å²) in [4.78, 5) is 3.62. The molecule has 2 fully saturated rings. The smallest absolute Gasteiger partial charge is 0.258 e. The number of nitrogens with zero attached hydrogens (tertiary/aromatic N) is 3. The molecule has 2 unspecified atom stereocenters. The number of benzene rings is 1. The molecule has 0 spiro atoms. The maximum atomic E-state index is 5.87. The number of rotatable bonds is 10. The van der Waals surface area contributed by atoms with Crippen LogP contribution in [0.2, 0.25) is 0 Å². The van der Waals surface area contributed by atoms with E-state index in [0.29, 0.717) is 24.4 Å². The average Bonchev–Trinajstić information content (AvgIpc) is 3.26. The molecule has 2 aromatic heterocycles. The molecular formula is C26H35N3O5S. The zero-order chi connectivity index (χ0) is 24.5. The van der Waals surface area contributed by atoms with Gasteiger partial charge in [0.05, 0.1) is 39.2 Å². The normalized spacial score (nSPS) is 20.3. The standard InChI is InChI=1S/C26H35N3O5S/c1-16-10-18(16)13-28(19-6-8-34-9-7-19)24-25(33-5)27-29-20(15-35-26(24)29)23-21(31-3)11-17(14-30-2)12-22(23)32-4/h11-12,15-16,18-19H,6-10,13-14H2,1-5H3. The summed E-state index contributed by atoms with van der Waals surface area (Å²) in [5, 5.41) is 7.06. The fourth-order valence-corrected chi connectivity index (χ4v) is 6.14. The Kier molecular flexibility index (Phi) is 7.09. The SMILES string of the molecule is COCc1cc(OC)c(-c2csc3c(N(CC4CC4C)C4CCOCC4)c(OC)nn23)c(OC)c1. The van der Waals surface area contributed by atoms with Crippen LogP contribution in [0, 0.1) is 11.8 Å². The van der Waals surface area contributed by atoms with Gasteiger partial charge in [-0.1, -0.05) is 6.92 Å². The number of hydrogen-bond donors (Lipinski definition) is 0. The predicted molar refractivity (Wildman–Crippen MR) is 137 cm³/mol. The number of hydrogen-bond acceptors (Lipinski definition) is 8. The fourth-order valence-electron chi connectivity index (χ4n) is 5.15. The van der Waals surface area contributed by atoms with Gasteiger partial charge in [0.15, 0.2) is 0 Å². The van der Waals surface area contributed by atoms with Crippen molar-refractivity contribution in [2.24, 2.45) is 11.8 Å². The first-order chi connectivity index (χ1) is 17.1. The van der Waals surface area contributed by atoms with Crippen LogP contribution in [-0.2, 0) is 16.1 Å². The van der Waals surface area contributed by atoms with Crippen LogP contribution in [0.3, 0.4) is 0 Å². The molecule has 1 aliphatic carbocycles. The van der Waals surface area contributed by atoms with Gasteiger partial charge in [0.1, 0.15) is 22.0 Å². The molecule has 1 saturated carbocycles. The van der Waals surface area contributed by atoms with Gasteiger partial charge in [-0.15, -0.1) is 16.4 Å². The number of thiazole rings is 1. The molecule has 1 saturated heterocycles. The molecule has 3 aromatic rings. The number of anilines is 1. The van der Waals surface area contributed by atoms with Gasteiger partial charge in [-0.25, -0.2) is 4.52 Å². The zero-order valence-corrected chi connectivity index (χ0v) is 22.0. The van der Waals surface area contributed by atoms with Gasteiger partial charge in [-0.05, 0) is 48.8 Å². The third-order valence-corrected chi connectivity index (χ3v) is 8.18. The van der Waals surface area contributed by atoms with E-state index in [0.717, 1.165) is 77.4 Å². The highest BCUT2D eigenvalue weighted by molar-refractivity contribution is 7.16. The minimum atomic E-state index is 0.418. The highest BCUT2D eigenvalue weighted by Crippen LogP contribution is 2.47. The first kappa shape index (κ1) is 24.2. The van der Waals surface area contributed by atoms with Gasteiger partial charge < -0.3 is 28.6 Å². The van der Waals surface area contributed by atoms with Gasteiger partial charge in [0, 0.05) is 38.3 Å². The van der Waals surface area contributed by atoms with Crippen LogP contribution < -0.4 is 19.1 Å². The molecule has 1 aromatic carbocycles. The maximum Gasteiger partial charge on any atom is 0.258 e. The summed E-state index contributed by atoms with van der Waals surface area (Å²) in [7, 11) is 6.74. The molecule has 0 N–H and O–H groups in total. The number of fused-ring (bicyclic) bond motifs is 1. The second kappa shape index (κ2) is 10.2. The van der Waals surface area contributed by atoms with Crippen molar-refractivity contribution in [1.82, 2.24) is 9.61 Å². The van der Waals surface area contributed by atoms with E-state index in [4.69, 9.17) is 28.8 Å². The van der Waals surface area contributed by atoms with Crippen molar-refractivity contribution in [3.63, 3.8) is 0 Å². The molecule has 3 heterocycles. The second-order valence-corrected chi connectivity index (χ2v) is 10.3. The molecule has 2 aliphatic rings. The molecule has 0 bridgehead atoms. The summed E-state index contributed by atoms with van der Waals surface area (Å²) in [5.74, 6) is 3.59. The van der Waals surface area contributed by atoms with E-state index in [-0.39, 0.29) is 0 Å². The van der Waals surface area contributed by atoms with Crippen molar-refractivity contribution in [3.05, 3.63) is 23.1 Å². The van der Waals surface area contributed by atoms with Crippen LogP contribution in [0.1, 0.15) is 31.7 Å². The Morgan fingerprint density at radius 3 is 2.34 bits per heavy atom. The van der Waals surface area contributed by atoms with Crippen LogP contribution >= 0.6 is 11.3 Å². The van der Waals surface area contributed by atoms with Crippen LogP contribution in [0.5, 0.6) is 17.4 Å². The topological polar surface area (TPSA) is 66.7 Å². The lowest BCUT2D eigenvalue weighted by atomic mass is 10.1. The third kappa shape index (κ3) is 4.57. The number of ether oxygens (including phenoxy) is 5. The van der Waals surface area contributed by atoms with E-state index in [1.54, 1.807) is 39.8 Å². The lowest BCUT2D eigenvalue weighted by Gasteiger charge is -2.35. The molecule has 8 nitrogen and oxygen atoms in total. The lowest BCUT2D eigenvalue weighted by molar-refractivity contribution is 0.0841. The third-order valence-electron chi connectivity index (χ3n) is 7.25. The first-order valence-corrected chi connectivity index (χ1v) is 13.1. The quantitative estimate of drug-likeness (QED) is 0.392.